The Bertz CT molecular complexity index is 522. The van der Waals surface area contributed by atoms with Crippen LogP contribution in [0.2, 0.25) is 0 Å². The maximum Gasteiger partial charge on any atom is 0.173 e. The lowest BCUT2D eigenvalue weighted by atomic mass is 10.5. The maximum atomic E-state index is 5.57. The summed E-state index contributed by atoms with van der Waals surface area (Å²) in [5.41, 5.74) is 5.57. The zero-order valence-electron chi connectivity index (χ0n) is 8.49. The van der Waals surface area contributed by atoms with Gasteiger partial charge >= 0.3 is 0 Å². The van der Waals surface area contributed by atoms with Crippen LogP contribution in [-0.4, -0.2) is 30.8 Å². The highest BCUT2D eigenvalue weighted by Crippen LogP contribution is 2.14. The second-order valence-electron chi connectivity index (χ2n) is 2.90. The number of imidazole rings is 1. The zero-order valence-corrected chi connectivity index (χ0v) is 10.1. The van der Waals surface area contributed by atoms with Crippen molar-refractivity contribution in [1.29, 1.82) is 0 Å². The summed E-state index contributed by atoms with van der Waals surface area (Å²) in [6, 6.07) is 1.86. The molecule has 0 bridgehead atoms. The van der Waals surface area contributed by atoms with Gasteiger partial charge in [-0.15, -0.1) is 11.8 Å². The van der Waals surface area contributed by atoms with Crippen LogP contribution in [0, 0.1) is 0 Å². The molecule has 0 unspecified atom stereocenters. The minimum Gasteiger partial charge on any atom is -0.387 e. The second-order valence-corrected chi connectivity index (χ2v) is 4.17. The van der Waals surface area contributed by atoms with Crippen molar-refractivity contribution >= 4 is 29.0 Å². The van der Waals surface area contributed by atoms with Crippen LogP contribution >= 0.6 is 24.0 Å². The van der Waals surface area contributed by atoms with E-state index in [9.17, 15) is 0 Å². The number of nitrogens with two attached hydrogens (primary N) is 1. The lowest BCUT2D eigenvalue weighted by Gasteiger charge is -2.05. The van der Waals surface area contributed by atoms with Gasteiger partial charge in [-0.05, 0) is 6.26 Å². The van der Waals surface area contributed by atoms with E-state index in [0.717, 1.165) is 5.03 Å². The van der Waals surface area contributed by atoms with E-state index in [1.54, 1.807) is 28.7 Å². The van der Waals surface area contributed by atoms with Crippen LogP contribution in [0.1, 0.15) is 5.82 Å². The average molecular weight is 251 g/mol. The van der Waals surface area contributed by atoms with Gasteiger partial charge in [-0.25, -0.2) is 15.0 Å². The summed E-state index contributed by atoms with van der Waals surface area (Å²) < 4.78 is 1.74. The van der Waals surface area contributed by atoms with Crippen LogP contribution in [-0.2, 0) is 0 Å². The van der Waals surface area contributed by atoms with Crippen molar-refractivity contribution in [3.8, 4) is 5.82 Å². The predicted molar refractivity (Wildman–Crippen MR) is 66.8 cm³/mol. The van der Waals surface area contributed by atoms with Crippen molar-refractivity contribution in [3.05, 3.63) is 30.6 Å². The van der Waals surface area contributed by atoms with Crippen molar-refractivity contribution in [2.75, 3.05) is 6.26 Å². The number of thiocarbonyl (C=S) groups is 1. The summed E-state index contributed by atoms with van der Waals surface area (Å²) in [7, 11) is 0. The van der Waals surface area contributed by atoms with Gasteiger partial charge in [0.1, 0.15) is 22.2 Å². The molecule has 16 heavy (non-hydrogen) atoms. The van der Waals surface area contributed by atoms with E-state index >= 15 is 0 Å². The molecule has 0 aliphatic heterocycles. The SMILES string of the molecule is CSc1cc(-n2ccnc2C(N)=S)ncn1. The van der Waals surface area contributed by atoms with Gasteiger partial charge in [-0.1, -0.05) is 12.2 Å². The van der Waals surface area contributed by atoms with Gasteiger partial charge < -0.3 is 5.73 Å². The monoisotopic (exact) mass is 251 g/mol. The molecular formula is C9H9N5S2. The van der Waals surface area contributed by atoms with Crippen molar-refractivity contribution in [2.45, 2.75) is 5.03 Å². The van der Waals surface area contributed by atoms with E-state index < -0.39 is 0 Å². The van der Waals surface area contributed by atoms with Crippen LogP contribution in [0.4, 0.5) is 0 Å². The highest BCUT2D eigenvalue weighted by atomic mass is 32.2. The molecule has 2 aromatic heterocycles. The molecule has 2 N–H and O–H groups in total. The fourth-order valence-corrected chi connectivity index (χ4v) is 1.77. The fourth-order valence-electron chi connectivity index (χ4n) is 1.24. The summed E-state index contributed by atoms with van der Waals surface area (Å²) in [5, 5.41) is 0.882. The first-order chi connectivity index (χ1) is 7.72. The molecule has 0 atom stereocenters. The van der Waals surface area contributed by atoms with E-state index in [1.807, 2.05) is 12.3 Å². The van der Waals surface area contributed by atoms with Crippen LogP contribution in [0.5, 0.6) is 0 Å². The standard InChI is InChI=1S/C9H9N5S2/c1-16-7-4-6(12-5-13-7)14-3-2-11-9(14)8(10)15/h2-5H,1H3,(H2,10,15). The van der Waals surface area contributed by atoms with Gasteiger partial charge in [0.15, 0.2) is 5.82 Å². The average Bonchev–Trinajstić information content (AvgIpc) is 2.78. The van der Waals surface area contributed by atoms with E-state index in [0.29, 0.717) is 11.6 Å². The molecule has 0 radical (unpaired) electrons. The van der Waals surface area contributed by atoms with Crippen molar-refractivity contribution in [3.63, 3.8) is 0 Å². The number of rotatable bonds is 3. The van der Waals surface area contributed by atoms with Gasteiger partial charge in [-0.3, -0.25) is 4.57 Å². The fraction of sp³-hybridized carbons (Fsp3) is 0.111. The normalized spacial score (nSPS) is 10.3. The van der Waals surface area contributed by atoms with Crippen molar-refractivity contribution in [2.24, 2.45) is 5.73 Å². The Morgan fingerprint density at radius 1 is 1.44 bits per heavy atom. The van der Waals surface area contributed by atoms with Gasteiger partial charge in [0.2, 0.25) is 0 Å². The molecule has 82 valence electrons. The summed E-state index contributed by atoms with van der Waals surface area (Å²) in [6.07, 6.45) is 6.86. The minimum absolute atomic E-state index is 0.245. The minimum atomic E-state index is 0.245. The van der Waals surface area contributed by atoms with Gasteiger partial charge in [0.25, 0.3) is 0 Å². The smallest absolute Gasteiger partial charge is 0.173 e. The summed E-state index contributed by atoms with van der Waals surface area (Å²) in [6.45, 7) is 0. The number of hydrogen-bond donors (Lipinski definition) is 1. The van der Waals surface area contributed by atoms with E-state index in [4.69, 9.17) is 18.0 Å². The Labute approximate surface area is 102 Å². The molecule has 5 nitrogen and oxygen atoms in total. The molecule has 2 rings (SSSR count). The summed E-state index contributed by atoms with van der Waals surface area (Å²) in [4.78, 5) is 12.6. The molecule has 0 aliphatic rings. The number of hydrogen-bond acceptors (Lipinski definition) is 5. The first kappa shape index (κ1) is 11.0. The highest BCUT2D eigenvalue weighted by Gasteiger charge is 2.08. The maximum absolute atomic E-state index is 5.57. The molecule has 0 amide bonds. The Kier molecular flexibility index (Phi) is 3.16. The Hall–Kier alpha value is -1.47. The molecular weight excluding hydrogens is 242 g/mol. The quantitative estimate of drug-likeness (QED) is 0.499. The topological polar surface area (TPSA) is 69.6 Å². The molecule has 0 saturated carbocycles. The molecule has 0 aliphatic carbocycles. The molecule has 7 heteroatoms. The molecule has 0 fully saturated rings. The van der Waals surface area contributed by atoms with Gasteiger partial charge in [0, 0.05) is 18.5 Å². The zero-order chi connectivity index (χ0) is 11.5. The first-order valence-electron chi connectivity index (χ1n) is 4.42. The van der Waals surface area contributed by atoms with Gasteiger partial charge in [0.05, 0.1) is 0 Å². The largest absolute Gasteiger partial charge is 0.387 e. The van der Waals surface area contributed by atoms with Gasteiger partial charge in [-0.2, -0.15) is 0 Å². The third-order valence-electron chi connectivity index (χ3n) is 1.94. The van der Waals surface area contributed by atoms with Crippen LogP contribution in [0.25, 0.3) is 5.82 Å². The number of nitrogens with zero attached hydrogens (tertiary/aromatic N) is 4. The lowest BCUT2D eigenvalue weighted by Crippen LogP contribution is -2.16. The third kappa shape index (κ3) is 2.05. The Morgan fingerprint density at radius 2 is 2.25 bits per heavy atom. The van der Waals surface area contributed by atoms with Crippen molar-refractivity contribution < 1.29 is 0 Å². The lowest BCUT2D eigenvalue weighted by molar-refractivity contribution is 0.926. The Morgan fingerprint density at radius 3 is 2.94 bits per heavy atom. The van der Waals surface area contributed by atoms with Crippen LogP contribution in [0.3, 0.4) is 0 Å². The Balaban J connectivity index is 2.50. The first-order valence-corrected chi connectivity index (χ1v) is 6.05. The van der Waals surface area contributed by atoms with E-state index in [1.165, 1.54) is 6.33 Å². The summed E-state index contributed by atoms with van der Waals surface area (Å²) in [5.74, 6) is 1.24. The summed E-state index contributed by atoms with van der Waals surface area (Å²) >= 11 is 6.46. The molecule has 2 heterocycles. The number of thioether (sulfide) groups is 1. The predicted octanol–water partition coefficient (Wildman–Crippen LogP) is 1.02. The third-order valence-corrected chi connectivity index (χ3v) is 2.77. The van der Waals surface area contributed by atoms with Crippen molar-refractivity contribution in [1.82, 2.24) is 19.5 Å². The molecule has 2 aromatic rings. The molecule has 0 saturated heterocycles. The van der Waals surface area contributed by atoms with Crippen LogP contribution in [0.15, 0.2) is 29.8 Å². The molecule has 0 aromatic carbocycles. The number of aromatic nitrogens is 4. The van der Waals surface area contributed by atoms with E-state index in [-0.39, 0.29) is 4.99 Å². The highest BCUT2D eigenvalue weighted by molar-refractivity contribution is 7.98. The van der Waals surface area contributed by atoms with E-state index in [2.05, 4.69) is 15.0 Å². The van der Waals surface area contributed by atoms with Crippen LogP contribution < -0.4 is 5.73 Å². The second kappa shape index (κ2) is 4.58. The molecule has 0 spiro atoms.